The summed E-state index contributed by atoms with van der Waals surface area (Å²) < 4.78 is 6.03. The van der Waals surface area contributed by atoms with E-state index in [9.17, 15) is 19.8 Å². The molecule has 1 aromatic rings. The molecule has 2 heterocycles. The number of hydrogen-bond donors (Lipinski definition) is 4. The van der Waals surface area contributed by atoms with Crippen LogP contribution in [0.4, 0.5) is 0 Å². The van der Waals surface area contributed by atoms with Gasteiger partial charge in [-0.1, -0.05) is 5.92 Å². The Bertz CT molecular complexity index is 627. The predicted octanol–water partition coefficient (Wildman–Crippen LogP) is -2.87. The van der Waals surface area contributed by atoms with Crippen molar-refractivity contribution in [1.82, 2.24) is 9.55 Å². The van der Waals surface area contributed by atoms with E-state index in [1.165, 1.54) is 0 Å². The molecule has 4 atom stereocenters. The van der Waals surface area contributed by atoms with Gasteiger partial charge in [-0.25, -0.2) is 4.79 Å². The third kappa shape index (κ3) is 2.20. The van der Waals surface area contributed by atoms with Gasteiger partial charge in [-0.2, -0.15) is 0 Å². The smallest absolute Gasteiger partial charge is 0.331 e. The average molecular weight is 268 g/mol. The summed E-state index contributed by atoms with van der Waals surface area (Å²) in [5, 5.41) is 28.4. The van der Waals surface area contributed by atoms with Crippen molar-refractivity contribution in [2.45, 2.75) is 24.5 Å². The van der Waals surface area contributed by atoms with Gasteiger partial charge in [0.25, 0.3) is 5.56 Å². The first kappa shape index (κ1) is 13.5. The molecule has 1 aliphatic heterocycles. The molecule has 0 aromatic carbocycles. The molecule has 1 fully saturated rings. The van der Waals surface area contributed by atoms with Crippen LogP contribution in [0.5, 0.6) is 0 Å². The highest BCUT2D eigenvalue weighted by molar-refractivity contribution is 5.24. The predicted molar refractivity (Wildman–Crippen MR) is 62.3 cm³/mol. The van der Waals surface area contributed by atoms with Crippen molar-refractivity contribution in [3.63, 3.8) is 0 Å². The number of nitrogens with one attached hydrogen (secondary N) is 1. The van der Waals surface area contributed by atoms with Gasteiger partial charge in [0.2, 0.25) is 0 Å². The molecule has 1 aliphatic rings. The molecule has 2 rings (SSSR count). The fraction of sp³-hybridized carbons (Fsp3) is 0.455. The lowest BCUT2D eigenvalue weighted by Crippen LogP contribution is -2.39. The summed E-state index contributed by atoms with van der Waals surface area (Å²) >= 11 is 0. The minimum Gasteiger partial charge on any atom is -0.394 e. The summed E-state index contributed by atoms with van der Waals surface area (Å²) in [6.07, 6.45) is 0.0661. The van der Waals surface area contributed by atoms with Crippen molar-refractivity contribution < 1.29 is 20.1 Å². The number of ether oxygens (including phenoxy) is 1. The van der Waals surface area contributed by atoms with Gasteiger partial charge >= 0.3 is 5.69 Å². The molecule has 102 valence electrons. The van der Waals surface area contributed by atoms with E-state index in [0.717, 1.165) is 10.6 Å². The Labute approximate surface area is 106 Å². The maximum Gasteiger partial charge on any atom is 0.331 e. The van der Waals surface area contributed by atoms with Crippen molar-refractivity contribution in [2.75, 3.05) is 6.61 Å². The monoisotopic (exact) mass is 268 g/mol. The topological polar surface area (TPSA) is 125 Å². The van der Waals surface area contributed by atoms with Crippen LogP contribution in [0, 0.1) is 12.3 Å². The maximum atomic E-state index is 11.7. The van der Waals surface area contributed by atoms with Crippen LogP contribution in [-0.4, -0.2) is 49.8 Å². The Balaban J connectivity index is 2.52. The fourth-order valence-corrected chi connectivity index (χ4v) is 1.96. The Morgan fingerprint density at radius 1 is 1.42 bits per heavy atom. The standard InChI is InChI=1S/C11H12N2O6/c1-2-5-3-7(15)12-11(18)13(5)10-9(17)8(16)6(4-14)19-10/h1,3,6,8-10,14,16-17H,4H2,(H,12,15,18)/t6-,8-,9-,10-/m1/s1. The van der Waals surface area contributed by atoms with Gasteiger partial charge in [0.15, 0.2) is 6.23 Å². The highest BCUT2D eigenvalue weighted by Gasteiger charge is 2.44. The second kappa shape index (κ2) is 4.99. The SMILES string of the molecule is C#Cc1cc(=O)[nH]c(=O)n1[C@@H]1O[C@H](CO)[C@@H](O)[C@H]1O. The molecule has 0 bridgehead atoms. The van der Waals surface area contributed by atoms with Crippen LogP contribution < -0.4 is 11.2 Å². The zero-order valence-corrected chi connectivity index (χ0v) is 9.68. The van der Waals surface area contributed by atoms with Gasteiger partial charge in [-0.15, -0.1) is 6.42 Å². The Morgan fingerprint density at radius 2 is 2.11 bits per heavy atom. The van der Waals surface area contributed by atoms with Crippen LogP contribution in [0.25, 0.3) is 0 Å². The normalized spacial score (nSPS) is 30.2. The van der Waals surface area contributed by atoms with E-state index in [2.05, 4.69) is 5.92 Å². The molecular weight excluding hydrogens is 256 g/mol. The third-order valence-corrected chi connectivity index (χ3v) is 2.90. The second-order valence-corrected chi connectivity index (χ2v) is 4.07. The minimum absolute atomic E-state index is 0.0939. The number of H-pyrrole nitrogens is 1. The van der Waals surface area contributed by atoms with Gasteiger partial charge in [0.1, 0.15) is 24.0 Å². The molecular formula is C11H12N2O6. The van der Waals surface area contributed by atoms with Crippen LogP contribution in [0.2, 0.25) is 0 Å². The number of aromatic amines is 1. The number of aromatic nitrogens is 2. The van der Waals surface area contributed by atoms with E-state index in [1.54, 1.807) is 0 Å². The summed E-state index contributed by atoms with van der Waals surface area (Å²) in [4.78, 5) is 24.9. The molecule has 0 radical (unpaired) electrons. The lowest BCUT2D eigenvalue weighted by molar-refractivity contribution is -0.0553. The first-order valence-corrected chi connectivity index (χ1v) is 5.44. The number of rotatable bonds is 2. The van der Waals surface area contributed by atoms with Crippen LogP contribution in [0.1, 0.15) is 11.9 Å². The largest absolute Gasteiger partial charge is 0.394 e. The first-order chi connectivity index (χ1) is 8.99. The number of hydrogen-bond acceptors (Lipinski definition) is 6. The minimum atomic E-state index is -1.45. The van der Waals surface area contributed by atoms with Crippen molar-refractivity contribution >= 4 is 0 Å². The Hall–Kier alpha value is -1.92. The zero-order valence-electron chi connectivity index (χ0n) is 9.68. The van der Waals surface area contributed by atoms with Gasteiger partial charge in [-0.3, -0.25) is 14.3 Å². The van der Waals surface area contributed by atoms with Crippen LogP contribution in [0.15, 0.2) is 15.7 Å². The molecule has 0 unspecified atom stereocenters. The van der Waals surface area contributed by atoms with E-state index in [0.29, 0.717) is 0 Å². The van der Waals surface area contributed by atoms with Gasteiger partial charge in [-0.05, 0) is 0 Å². The molecule has 0 aliphatic carbocycles. The fourth-order valence-electron chi connectivity index (χ4n) is 1.96. The van der Waals surface area contributed by atoms with E-state index in [-0.39, 0.29) is 5.69 Å². The summed E-state index contributed by atoms with van der Waals surface area (Å²) in [5.41, 5.74) is -1.64. The van der Waals surface area contributed by atoms with Gasteiger partial charge < -0.3 is 20.1 Å². The highest BCUT2D eigenvalue weighted by Crippen LogP contribution is 2.28. The highest BCUT2D eigenvalue weighted by atomic mass is 16.6. The molecule has 19 heavy (non-hydrogen) atoms. The van der Waals surface area contributed by atoms with E-state index in [4.69, 9.17) is 16.3 Å². The first-order valence-electron chi connectivity index (χ1n) is 5.44. The van der Waals surface area contributed by atoms with E-state index < -0.39 is 42.4 Å². The summed E-state index contributed by atoms with van der Waals surface area (Å²) in [6.45, 7) is -0.530. The van der Waals surface area contributed by atoms with Crippen LogP contribution in [0.3, 0.4) is 0 Å². The molecule has 8 heteroatoms. The van der Waals surface area contributed by atoms with E-state index in [1.807, 2.05) is 4.98 Å². The lowest BCUT2D eigenvalue weighted by Gasteiger charge is -2.18. The molecule has 0 amide bonds. The van der Waals surface area contributed by atoms with Crippen molar-refractivity contribution in [3.8, 4) is 12.3 Å². The van der Waals surface area contributed by atoms with Gasteiger partial charge in [0, 0.05) is 6.07 Å². The summed E-state index contributed by atoms with van der Waals surface area (Å²) in [6, 6.07) is 0.996. The number of aliphatic hydroxyl groups is 3. The maximum absolute atomic E-state index is 11.7. The third-order valence-electron chi connectivity index (χ3n) is 2.90. The van der Waals surface area contributed by atoms with Crippen molar-refractivity contribution in [3.05, 3.63) is 32.6 Å². The molecule has 0 spiro atoms. The molecule has 1 aromatic heterocycles. The van der Waals surface area contributed by atoms with Crippen molar-refractivity contribution in [2.24, 2.45) is 0 Å². The molecule has 0 saturated carbocycles. The summed E-state index contributed by atoms with van der Waals surface area (Å²) in [5.74, 6) is 2.13. The van der Waals surface area contributed by atoms with E-state index >= 15 is 0 Å². The summed E-state index contributed by atoms with van der Waals surface area (Å²) in [7, 11) is 0. The Morgan fingerprint density at radius 3 is 2.63 bits per heavy atom. The van der Waals surface area contributed by atoms with Crippen LogP contribution in [-0.2, 0) is 4.74 Å². The second-order valence-electron chi connectivity index (χ2n) is 4.07. The number of terminal acetylenes is 1. The molecule has 1 saturated heterocycles. The molecule has 8 nitrogen and oxygen atoms in total. The number of nitrogens with zero attached hydrogens (tertiary/aromatic N) is 1. The van der Waals surface area contributed by atoms with Gasteiger partial charge in [0.05, 0.1) is 6.61 Å². The lowest BCUT2D eigenvalue weighted by atomic mass is 10.1. The quantitative estimate of drug-likeness (QED) is 0.427. The van der Waals surface area contributed by atoms with Crippen LogP contribution >= 0.6 is 0 Å². The van der Waals surface area contributed by atoms with Crippen molar-refractivity contribution in [1.29, 1.82) is 0 Å². The Kier molecular flexibility index (Phi) is 3.55. The number of aliphatic hydroxyl groups excluding tert-OH is 3. The molecule has 4 N–H and O–H groups in total. The zero-order chi connectivity index (χ0) is 14.2. The average Bonchev–Trinajstić information content (AvgIpc) is 2.65.